The number of sulfone groups is 1. The molecule has 0 spiro atoms. The van der Waals surface area contributed by atoms with Crippen molar-refractivity contribution >= 4 is 15.4 Å². The Morgan fingerprint density at radius 1 is 1.31 bits per heavy atom. The standard InChI is InChI=1S/C11H13NO3S/c1-11(2,12)9-6-16(14,15)10-4-3-7(13)5-8(9)10/h3-6,13H,12H2,1-2H3. The van der Waals surface area contributed by atoms with Gasteiger partial charge in [0.1, 0.15) is 5.75 Å². The van der Waals surface area contributed by atoms with Crippen LogP contribution >= 0.6 is 0 Å². The molecule has 2 rings (SSSR count). The second kappa shape index (κ2) is 3.09. The molecule has 5 heteroatoms. The van der Waals surface area contributed by atoms with E-state index in [4.69, 9.17) is 5.73 Å². The SMILES string of the molecule is CC(C)(N)C1=CS(=O)(=O)c2ccc(O)cc21. The highest BCUT2D eigenvalue weighted by atomic mass is 32.2. The Bertz CT molecular complexity index is 580. The Labute approximate surface area is 94.3 Å². The van der Waals surface area contributed by atoms with Crippen LogP contribution < -0.4 is 5.73 Å². The first kappa shape index (κ1) is 11.2. The van der Waals surface area contributed by atoms with E-state index in [9.17, 15) is 13.5 Å². The number of fused-ring (bicyclic) bond motifs is 1. The lowest BCUT2D eigenvalue weighted by Crippen LogP contribution is -2.32. The number of hydrogen-bond donors (Lipinski definition) is 2. The average Bonchev–Trinajstić information content (AvgIpc) is 2.37. The van der Waals surface area contributed by atoms with Gasteiger partial charge in [-0.05, 0) is 37.6 Å². The molecule has 0 atom stereocenters. The third kappa shape index (κ3) is 1.62. The molecule has 0 amide bonds. The Balaban J connectivity index is 2.77. The molecule has 4 nitrogen and oxygen atoms in total. The predicted molar refractivity (Wildman–Crippen MR) is 61.5 cm³/mol. The normalized spacial score (nSPS) is 18.1. The molecule has 0 saturated carbocycles. The quantitative estimate of drug-likeness (QED) is 0.773. The van der Waals surface area contributed by atoms with Crippen LogP contribution in [-0.4, -0.2) is 19.1 Å². The van der Waals surface area contributed by atoms with Crippen molar-refractivity contribution in [2.24, 2.45) is 5.73 Å². The van der Waals surface area contributed by atoms with Crippen LogP contribution in [-0.2, 0) is 9.84 Å². The van der Waals surface area contributed by atoms with Crippen molar-refractivity contribution < 1.29 is 13.5 Å². The van der Waals surface area contributed by atoms with Gasteiger partial charge in [0.2, 0.25) is 9.84 Å². The lowest BCUT2D eigenvalue weighted by atomic mass is 9.91. The summed E-state index contributed by atoms with van der Waals surface area (Å²) in [5.74, 6) is 0.0333. The maximum Gasteiger partial charge on any atom is 0.200 e. The zero-order valence-corrected chi connectivity index (χ0v) is 9.88. The summed E-state index contributed by atoms with van der Waals surface area (Å²) in [5.41, 5.74) is 6.17. The minimum Gasteiger partial charge on any atom is -0.508 e. The fourth-order valence-electron chi connectivity index (χ4n) is 1.76. The second-order valence-electron chi connectivity index (χ2n) is 4.48. The Morgan fingerprint density at radius 3 is 2.50 bits per heavy atom. The first-order valence-electron chi connectivity index (χ1n) is 4.81. The van der Waals surface area contributed by atoms with E-state index >= 15 is 0 Å². The number of phenols is 1. The molecule has 1 aliphatic heterocycles. The van der Waals surface area contributed by atoms with Crippen LogP contribution in [0, 0.1) is 0 Å². The van der Waals surface area contributed by atoms with E-state index in [-0.39, 0.29) is 10.6 Å². The number of rotatable bonds is 1. The van der Waals surface area contributed by atoms with Gasteiger partial charge in [0.25, 0.3) is 0 Å². The molecule has 0 radical (unpaired) electrons. The maximum atomic E-state index is 11.8. The number of nitrogens with two attached hydrogens (primary N) is 1. The van der Waals surface area contributed by atoms with E-state index in [0.717, 1.165) is 0 Å². The largest absolute Gasteiger partial charge is 0.508 e. The van der Waals surface area contributed by atoms with Crippen molar-refractivity contribution in [3.8, 4) is 5.75 Å². The smallest absolute Gasteiger partial charge is 0.200 e. The minimum absolute atomic E-state index is 0.0333. The average molecular weight is 239 g/mol. The molecule has 1 heterocycles. The Morgan fingerprint density at radius 2 is 1.94 bits per heavy atom. The fraction of sp³-hybridized carbons (Fsp3) is 0.273. The van der Waals surface area contributed by atoms with E-state index < -0.39 is 15.4 Å². The van der Waals surface area contributed by atoms with E-state index in [1.807, 2.05) is 0 Å². The highest BCUT2D eigenvalue weighted by molar-refractivity contribution is 7.95. The zero-order chi connectivity index (χ0) is 12.1. The third-order valence-electron chi connectivity index (χ3n) is 2.53. The molecule has 0 fully saturated rings. The molecule has 16 heavy (non-hydrogen) atoms. The highest BCUT2D eigenvalue weighted by Gasteiger charge is 2.33. The molecule has 0 saturated heterocycles. The van der Waals surface area contributed by atoms with E-state index in [2.05, 4.69) is 0 Å². The van der Waals surface area contributed by atoms with Crippen molar-refractivity contribution in [2.75, 3.05) is 0 Å². The lowest BCUT2D eigenvalue weighted by molar-refractivity contribution is 0.474. The van der Waals surface area contributed by atoms with Crippen molar-refractivity contribution in [1.82, 2.24) is 0 Å². The topological polar surface area (TPSA) is 80.4 Å². The van der Waals surface area contributed by atoms with Gasteiger partial charge in [-0.25, -0.2) is 8.42 Å². The van der Waals surface area contributed by atoms with Gasteiger partial charge in [-0.2, -0.15) is 0 Å². The van der Waals surface area contributed by atoms with Crippen LogP contribution in [0.5, 0.6) is 5.75 Å². The Kier molecular flexibility index (Phi) is 2.15. The number of benzene rings is 1. The van der Waals surface area contributed by atoms with Crippen LogP contribution in [0.15, 0.2) is 28.5 Å². The predicted octanol–water partition coefficient (Wildman–Crippen LogP) is 1.26. The molecule has 1 aromatic carbocycles. The van der Waals surface area contributed by atoms with Crippen molar-refractivity contribution in [3.05, 3.63) is 29.2 Å². The van der Waals surface area contributed by atoms with Crippen LogP contribution in [0.2, 0.25) is 0 Å². The van der Waals surface area contributed by atoms with Gasteiger partial charge in [-0.15, -0.1) is 0 Å². The molecule has 86 valence electrons. The maximum absolute atomic E-state index is 11.8. The summed E-state index contributed by atoms with van der Waals surface area (Å²) in [5, 5.41) is 10.6. The molecule has 0 bridgehead atoms. The van der Waals surface area contributed by atoms with Crippen LogP contribution in [0.25, 0.3) is 5.57 Å². The van der Waals surface area contributed by atoms with Crippen molar-refractivity contribution in [2.45, 2.75) is 24.3 Å². The van der Waals surface area contributed by atoms with Crippen LogP contribution in [0.4, 0.5) is 0 Å². The molecular formula is C11H13NO3S. The molecule has 0 unspecified atom stereocenters. The summed E-state index contributed by atoms with van der Waals surface area (Å²) in [6.45, 7) is 3.46. The van der Waals surface area contributed by atoms with E-state index in [0.29, 0.717) is 11.1 Å². The fourth-order valence-corrected chi connectivity index (χ4v) is 3.36. The summed E-state index contributed by atoms with van der Waals surface area (Å²) in [6.07, 6.45) is 0. The van der Waals surface area contributed by atoms with Gasteiger partial charge >= 0.3 is 0 Å². The number of hydrogen-bond acceptors (Lipinski definition) is 4. The second-order valence-corrected chi connectivity index (χ2v) is 6.24. The highest BCUT2D eigenvalue weighted by Crippen LogP contribution is 2.39. The molecule has 0 aliphatic carbocycles. The monoisotopic (exact) mass is 239 g/mol. The van der Waals surface area contributed by atoms with Crippen LogP contribution in [0.3, 0.4) is 0 Å². The van der Waals surface area contributed by atoms with Gasteiger partial charge < -0.3 is 10.8 Å². The van der Waals surface area contributed by atoms with Crippen molar-refractivity contribution in [1.29, 1.82) is 0 Å². The van der Waals surface area contributed by atoms with Gasteiger partial charge in [0.05, 0.1) is 4.90 Å². The molecule has 3 N–H and O–H groups in total. The zero-order valence-electron chi connectivity index (χ0n) is 9.06. The summed E-state index contributed by atoms with van der Waals surface area (Å²) in [4.78, 5) is 0.207. The van der Waals surface area contributed by atoms with Gasteiger partial charge in [-0.3, -0.25) is 0 Å². The molecular weight excluding hydrogens is 226 g/mol. The number of phenolic OH excluding ortho intramolecular Hbond substituents is 1. The summed E-state index contributed by atoms with van der Waals surface area (Å²) in [7, 11) is -3.41. The minimum atomic E-state index is -3.41. The van der Waals surface area contributed by atoms with Gasteiger partial charge in [-0.1, -0.05) is 0 Å². The molecule has 1 aliphatic rings. The van der Waals surface area contributed by atoms with Crippen LogP contribution in [0.1, 0.15) is 19.4 Å². The summed E-state index contributed by atoms with van der Waals surface area (Å²) >= 11 is 0. The first-order valence-corrected chi connectivity index (χ1v) is 6.36. The lowest BCUT2D eigenvalue weighted by Gasteiger charge is -2.20. The molecule has 0 aromatic heterocycles. The van der Waals surface area contributed by atoms with Gasteiger partial charge in [0, 0.05) is 16.5 Å². The van der Waals surface area contributed by atoms with Gasteiger partial charge in [0.15, 0.2) is 0 Å². The number of aromatic hydroxyl groups is 1. The van der Waals surface area contributed by atoms with E-state index in [1.165, 1.54) is 23.6 Å². The Hall–Kier alpha value is -1.33. The summed E-state index contributed by atoms with van der Waals surface area (Å²) in [6, 6.07) is 4.19. The first-order chi connectivity index (χ1) is 7.22. The third-order valence-corrected chi connectivity index (χ3v) is 4.04. The van der Waals surface area contributed by atoms with E-state index in [1.54, 1.807) is 13.8 Å². The molecule has 1 aromatic rings. The summed E-state index contributed by atoms with van der Waals surface area (Å²) < 4.78 is 23.6. The van der Waals surface area contributed by atoms with Crippen molar-refractivity contribution in [3.63, 3.8) is 0 Å².